The smallest absolute Gasteiger partial charge is 0.323 e. The Bertz CT molecular complexity index is 1280. The van der Waals surface area contributed by atoms with Crippen molar-refractivity contribution in [1.82, 2.24) is 13.5 Å². The van der Waals surface area contributed by atoms with Gasteiger partial charge in [-0.15, -0.1) is 4.09 Å². The molecule has 31 heavy (non-hydrogen) atoms. The van der Waals surface area contributed by atoms with E-state index in [-0.39, 0.29) is 35.3 Å². The number of nitrogens with zero attached hydrogens (tertiary/aromatic N) is 3. The Balaban J connectivity index is 1.74. The average Bonchev–Trinajstić information content (AvgIpc) is 3.51. The van der Waals surface area contributed by atoms with Crippen LogP contribution in [0.1, 0.15) is 37.3 Å². The van der Waals surface area contributed by atoms with Crippen LogP contribution in [0.25, 0.3) is 22.0 Å². The first-order valence-electron chi connectivity index (χ1n) is 10.2. The molecule has 2 aromatic carbocycles. The van der Waals surface area contributed by atoms with E-state index in [0.717, 1.165) is 23.0 Å². The van der Waals surface area contributed by atoms with Gasteiger partial charge in [0.15, 0.2) is 0 Å². The molecule has 2 N–H and O–H groups in total. The molecule has 7 nitrogen and oxygen atoms in total. The van der Waals surface area contributed by atoms with Gasteiger partial charge in [0.05, 0.1) is 22.3 Å². The second-order valence-corrected chi connectivity index (χ2v) is 10.2. The van der Waals surface area contributed by atoms with E-state index in [2.05, 4.69) is 5.10 Å². The van der Waals surface area contributed by atoms with E-state index in [1.807, 2.05) is 0 Å². The number of halogens is 2. The highest BCUT2D eigenvalue weighted by Gasteiger charge is 2.36. The van der Waals surface area contributed by atoms with Gasteiger partial charge in [-0.3, -0.25) is 0 Å². The summed E-state index contributed by atoms with van der Waals surface area (Å²) >= 11 is 6.20. The summed E-state index contributed by atoms with van der Waals surface area (Å²) in [4.78, 5) is 0. The third-order valence-electron chi connectivity index (χ3n) is 5.98. The summed E-state index contributed by atoms with van der Waals surface area (Å²) in [5, 5.41) is 25.0. The van der Waals surface area contributed by atoms with E-state index < -0.39 is 22.1 Å². The van der Waals surface area contributed by atoms with E-state index in [9.17, 15) is 23.0 Å². The number of phenolic OH excluding ortho intramolecular Hbond substituents is 1. The minimum absolute atomic E-state index is 0.0951. The van der Waals surface area contributed by atoms with Gasteiger partial charge in [-0.05, 0) is 49.4 Å². The highest BCUT2D eigenvalue weighted by Crippen LogP contribution is 2.48. The SMILES string of the molecule is O=S(=O)(N1CCC(O)CC1)n1nc(C2CC2)c2c(-c3c(O)ccc(F)c3Cl)cccc21. The number of fused-ring (bicyclic) bond motifs is 1. The van der Waals surface area contributed by atoms with Crippen LogP contribution >= 0.6 is 11.6 Å². The van der Waals surface area contributed by atoms with Crippen LogP contribution in [-0.4, -0.2) is 51.3 Å². The van der Waals surface area contributed by atoms with Crippen LogP contribution in [-0.2, 0) is 10.2 Å². The zero-order valence-corrected chi connectivity index (χ0v) is 18.1. The maximum absolute atomic E-state index is 14.2. The number of benzene rings is 2. The lowest BCUT2D eigenvalue weighted by Gasteiger charge is -2.28. The van der Waals surface area contributed by atoms with Gasteiger partial charge in [0, 0.05) is 30.0 Å². The fourth-order valence-electron chi connectivity index (χ4n) is 4.18. The normalized spacial score (nSPS) is 18.7. The van der Waals surface area contributed by atoms with Gasteiger partial charge >= 0.3 is 10.2 Å². The number of aliphatic hydroxyl groups excluding tert-OH is 1. The molecule has 164 valence electrons. The minimum Gasteiger partial charge on any atom is -0.507 e. The molecule has 2 aliphatic rings. The van der Waals surface area contributed by atoms with E-state index in [1.54, 1.807) is 18.2 Å². The maximum atomic E-state index is 14.2. The fourth-order valence-corrected chi connectivity index (χ4v) is 5.92. The number of hydrogen-bond donors (Lipinski definition) is 2. The quantitative estimate of drug-likeness (QED) is 0.613. The highest BCUT2D eigenvalue weighted by molar-refractivity contribution is 7.87. The molecule has 0 amide bonds. The molecule has 10 heteroatoms. The number of rotatable bonds is 4. The summed E-state index contributed by atoms with van der Waals surface area (Å²) in [5.41, 5.74) is 1.51. The second kappa shape index (κ2) is 7.44. The predicted octanol–water partition coefficient (Wildman–Crippen LogP) is 3.63. The molecule has 0 unspecified atom stereocenters. The van der Waals surface area contributed by atoms with Crippen LogP contribution in [0.3, 0.4) is 0 Å². The molecule has 2 heterocycles. The molecule has 1 aliphatic heterocycles. The van der Waals surface area contributed by atoms with Crippen molar-refractivity contribution in [3.63, 3.8) is 0 Å². The summed E-state index contributed by atoms with van der Waals surface area (Å²) in [7, 11) is -3.97. The van der Waals surface area contributed by atoms with Crippen LogP contribution in [0, 0.1) is 5.82 Å². The monoisotopic (exact) mass is 465 g/mol. The summed E-state index contributed by atoms with van der Waals surface area (Å²) in [6.45, 7) is 0.416. The molecule has 5 rings (SSSR count). The summed E-state index contributed by atoms with van der Waals surface area (Å²) < 4.78 is 43.4. The van der Waals surface area contributed by atoms with Gasteiger partial charge in [-0.1, -0.05) is 23.7 Å². The van der Waals surface area contributed by atoms with Crippen molar-refractivity contribution < 1.29 is 23.0 Å². The first-order chi connectivity index (χ1) is 14.8. The zero-order chi connectivity index (χ0) is 21.9. The van der Waals surface area contributed by atoms with E-state index >= 15 is 0 Å². The van der Waals surface area contributed by atoms with Crippen molar-refractivity contribution in [2.24, 2.45) is 0 Å². The molecule has 0 bridgehead atoms. The number of aromatic hydroxyl groups is 1. The van der Waals surface area contributed by atoms with Gasteiger partial charge in [-0.25, -0.2) is 4.39 Å². The Morgan fingerprint density at radius 2 is 1.81 bits per heavy atom. The number of piperidine rings is 1. The van der Waals surface area contributed by atoms with Crippen LogP contribution in [0.2, 0.25) is 5.02 Å². The average molecular weight is 466 g/mol. The number of hydrogen-bond acceptors (Lipinski definition) is 5. The third kappa shape index (κ3) is 3.40. The summed E-state index contributed by atoms with van der Waals surface area (Å²) in [6.07, 6.45) is 1.98. The first-order valence-corrected chi connectivity index (χ1v) is 11.9. The summed E-state index contributed by atoms with van der Waals surface area (Å²) in [5.74, 6) is -0.773. The zero-order valence-electron chi connectivity index (χ0n) is 16.5. The number of aromatic nitrogens is 2. The Hall–Kier alpha value is -2.20. The minimum atomic E-state index is -3.97. The van der Waals surface area contributed by atoms with Gasteiger partial charge in [0.1, 0.15) is 11.6 Å². The van der Waals surface area contributed by atoms with E-state index in [1.165, 1.54) is 10.4 Å². The predicted molar refractivity (Wildman–Crippen MR) is 115 cm³/mol. The van der Waals surface area contributed by atoms with E-state index in [4.69, 9.17) is 11.6 Å². The molecule has 1 aromatic heterocycles. The van der Waals surface area contributed by atoms with Gasteiger partial charge in [0.25, 0.3) is 0 Å². The molecule has 1 saturated heterocycles. The van der Waals surface area contributed by atoms with Crippen molar-refractivity contribution >= 4 is 32.7 Å². The molecule has 2 fully saturated rings. The Labute approximate surface area is 183 Å². The standard InChI is InChI=1S/C21H21ClFN3O4S/c22-20-15(23)6-7-17(28)19(20)14-2-1-3-16-18(14)21(12-4-5-12)24-26(16)31(29,30)25-10-8-13(27)9-11-25/h1-3,6-7,12-13,27-28H,4-5,8-11H2. The molecule has 0 radical (unpaired) electrons. The Morgan fingerprint density at radius 3 is 2.48 bits per heavy atom. The highest BCUT2D eigenvalue weighted by atomic mass is 35.5. The van der Waals surface area contributed by atoms with Crippen LogP contribution in [0.4, 0.5) is 4.39 Å². The molecule has 0 spiro atoms. The van der Waals surface area contributed by atoms with E-state index in [0.29, 0.717) is 35.0 Å². The molecule has 0 atom stereocenters. The number of phenols is 1. The maximum Gasteiger partial charge on any atom is 0.323 e. The number of aliphatic hydroxyl groups is 1. The Kier molecular flexibility index (Phi) is 4.97. The van der Waals surface area contributed by atoms with Crippen LogP contribution < -0.4 is 0 Å². The molecular formula is C21H21ClFN3O4S. The largest absolute Gasteiger partial charge is 0.507 e. The molecule has 3 aromatic rings. The van der Waals surface area contributed by atoms with Crippen molar-refractivity contribution in [3.8, 4) is 16.9 Å². The van der Waals surface area contributed by atoms with Gasteiger partial charge < -0.3 is 10.2 Å². The fraction of sp³-hybridized carbons (Fsp3) is 0.381. The lowest BCUT2D eigenvalue weighted by atomic mass is 9.98. The second-order valence-electron chi connectivity index (χ2n) is 8.10. The van der Waals surface area contributed by atoms with Gasteiger partial charge in [-0.2, -0.15) is 17.8 Å². The topological polar surface area (TPSA) is 95.7 Å². The van der Waals surface area contributed by atoms with Crippen molar-refractivity contribution in [1.29, 1.82) is 0 Å². The molecular weight excluding hydrogens is 445 g/mol. The van der Waals surface area contributed by atoms with Crippen LogP contribution in [0.15, 0.2) is 30.3 Å². The van der Waals surface area contributed by atoms with Crippen molar-refractivity contribution in [2.45, 2.75) is 37.7 Å². The lowest BCUT2D eigenvalue weighted by Crippen LogP contribution is -2.43. The lowest BCUT2D eigenvalue weighted by molar-refractivity contribution is 0.112. The van der Waals surface area contributed by atoms with Crippen LogP contribution in [0.5, 0.6) is 5.75 Å². The molecule has 1 aliphatic carbocycles. The Morgan fingerprint density at radius 1 is 1.10 bits per heavy atom. The van der Waals surface area contributed by atoms with Gasteiger partial charge in [0.2, 0.25) is 0 Å². The first kappa shape index (κ1) is 20.7. The summed E-state index contributed by atoms with van der Waals surface area (Å²) in [6, 6.07) is 7.29. The third-order valence-corrected chi connectivity index (χ3v) is 8.08. The molecule has 1 saturated carbocycles. The van der Waals surface area contributed by atoms with Crippen molar-refractivity contribution in [3.05, 3.63) is 46.9 Å². The van der Waals surface area contributed by atoms with Crippen molar-refractivity contribution in [2.75, 3.05) is 13.1 Å².